The summed E-state index contributed by atoms with van der Waals surface area (Å²) in [5, 5.41) is 0. The topological polar surface area (TPSA) is 36.4 Å². The van der Waals surface area contributed by atoms with Crippen molar-refractivity contribution in [2.75, 3.05) is 24.5 Å². The van der Waals surface area contributed by atoms with Gasteiger partial charge in [0.15, 0.2) is 0 Å². The fourth-order valence-corrected chi connectivity index (χ4v) is 5.65. The molecule has 0 fully saturated rings. The van der Waals surface area contributed by atoms with Gasteiger partial charge in [-0.3, -0.25) is 14.7 Å². The van der Waals surface area contributed by atoms with E-state index in [1.165, 1.54) is 27.8 Å². The zero-order chi connectivity index (χ0) is 23.2. The lowest BCUT2D eigenvalue weighted by atomic mass is 9.77. The SMILES string of the molecule is Cc1cc(-c2ccc3c(c2)CN(CCC(=O)N2CCc4ccccc42)CC3(C)C)cc(C)n1. The molecular formula is C29H33N3O. The van der Waals surface area contributed by atoms with Crippen molar-refractivity contribution in [3.05, 3.63) is 82.7 Å². The summed E-state index contributed by atoms with van der Waals surface area (Å²) in [6, 6.07) is 19.5. The lowest BCUT2D eigenvalue weighted by Crippen LogP contribution is -2.43. The van der Waals surface area contributed by atoms with E-state index in [-0.39, 0.29) is 11.3 Å². The maximum atomic E-state index is 13.1. The first-order valence-electron chi connectivity index (χ1n) is 12.0. The molecule has 2 aliphatic heterocycles. The van der Waals surface area contributed by atoms with Gasteiger partial charge in [-0.1, -0.05) is 44.2 Å². The minimum Gasteiger partial charge on any atom is -0.312 e. The van der Waals surface area contributed by atoms with Crippen molar-refractivity contribution in [1.82, 2.24) is 9.88 Å². The summed E-state index contributed by atoms with van der Waals surface area (Å²) >= 11 is 0. The number of fused-ring (bicyclic) bond motifs is 2. The predicted molar refractivity (Wildman–Crippen MR) is 135 cm³/mol. The number of carbonyl (C=O) groups excluding carboxylic acids is 1. The number of para-hydroxylation sites is 1. The molecule has 0 N–H and O–H groups in total. The summed E-state index contributed by atoms with van der Waals surface area (Å²) in [6.45, 7) is 12.2. The Balaban J connectivity index is 1.33. The van der Waals surface area contributed by atoms with Gasteiger partial charge in [0.25, 0.3) is 0 Å². The highest BCUT2D eigenvalue weighted by molar-refractivity contribution is 5.95. The van der Waals surface area contributed by atoms with Crippen LogP contribution in [0.25, 0.3) is 11.1 Å². The number of anilines is 1. The highest BCUT2D eigenvalue weighted by Gasteiger charge is 2.32. The van der Waals surface area contributed by atoms with E-state index in [4.69, 9.17) is 0 Å². The third-order valence-electron chi connectivity index (χ3n) is 7.09. The van der Waals surface area contributed by atoms with Crippen LogP contribution in [0, 0.1) is 13.8 Å². The standard InChI is InChI=1S/C29H33N3O/c1-20-15-24(16-21(2)30-20)23-9-10-26-25(17-23)18-31(19-29(26,3)4)13-12-28(33)32-14-11-22-7-5-6-8-27(22)32/h5-10,15-17H,11-14,18-19H2,1-4H3. The second-order valence-electron chi connectivity index (χ2n) is 10.3. The Morgan fingerprint density at radius 1 is 0.970 bits per heavy atom. The summed E-state index contributed by atoms with van der Waals surface area (Å²) < 4.78 is 0. The number of hydrogen-bond donors (Lipinski definition) is 0. The number of aromatic nitrogens is 1. The minimum atomic E-state index is 0.0550. The second kappa shape index (κ2) is 8.42. The van der Waals surface area contributed by atoms with Gasteiger partial charge in [0.1, 0.15) is 0 Å². The second-order valence-corrected chi connectivity index (χ2v) is 10.3. The fraction of sp³-hybridized carbons (Fsp3) is 0.379. The van der Waals surface area contributed by atoms with Crippen molar-refractivity contribution in [2.24, 2.45) is 0 Å². The number of aryl methyl sites for hydroxylation is 2. The first-order valence-corrected chi connectivity index (χ1v) is 12.0. The summed E-state index contributed by atoms with van der Waals surface area (Å²) in [4.78, 5) is 22.0. The normalized spacial score (nSPS) is 17.0. The number of carbonyl (C=O) groups is 1. The van der Waals surface area contributed by atoms with Crippen molar-refractivity contribution < 1.29 is 4.79 Å². The monoisotopic (exact) mass is 439 g/mol. The molecule has 0 unspecified atom stereocenters. The van der Waals surface area contributed by atoms with Crippen LogP contribution in [0.4, 0.5) is 5.69 Å². The number of pyridine rings is 1. The molecule has 170 valence electrons. The van der Waals surface area contributed by atoms with Gasteiger partial charge in [-0.05, 0) is 72.4 Å². The van der Waals surface area contributed by atoms with Crippen molar-refractivity contribution in [3.63, 3.8) is 0 Å². The zero-order valence-electron chi connectivity index (χ0n) is 20.2. The van der Waals surface area contributed by atoms with Gasteiger partial charge < -0.3 is 4.90 Å². The molecule has 4 heteroatoms. The van der Waals surface area contributed by atoms with Crippen LogP contribution in [0.3, 0.4) is 0 Å². The van der Waals surface area contributed by atoms with E-state index < -0.39 is 0 Å². The molecule has 1 amide bonds. The Hall–Kier alpha value is -2.98. The van der Waals surface area contributed by atoms with Gasteiger partial charge in [-0.15, -0.1) is 0 Å². The van der Waals surface area contributed by atoms with Gasteiger partial charge in [-0.25, -0.2) is 0 Å². The van der Waals surface area contributed by atoms with Crippen molar-refractivity contribution in [2.45, 2.75) is 52.5 Å². The smallest absolute Gasteiger partial charge is 0.228 e. The first-order chi connectivity index (χ1) is 15.8. The Morgan fingerprint density at radius 2 is 1.73 bits per heavy atom. The highest BCUT2D eigenvalue weighted by atomic mass is 16.2. The third kappa shape index (κ3) is 4.32. The van der Waals surface area contributed by atoms with E-state index in [0.29, 0.717) is 6.42 Å². The summed E-state index contributed by atoms with van der Waals surface area (Å²) in [5.74, 6) is 0.236. The summed E-state index contributed by atoms with van der Waals surface area (Å²) in [5.41, 5.74) is 9.79. The molecule has 0 aliphatic carbocycles. The van der Waals surface area contributed by atoms with E-state index in [1.807, 2.05) is 11.0 Å². The first kappa shape index (κ1) is 21.8. The molecule has 5 rings (SSSR count). The van der Waals surface area contributed by atoms with Crippen LogP contribution in [0.15, 0.2) is 54.6 Å². The van der Waals surface area contributed by atoms with Gasteiger partial charge in [0.2, 0.25) is 5.91 Å². The van der Waals surface area contributed by atoms with Crippen molar-refractivity contribution >= 4 is 11.6 Å². The Bertz CT molecular complexity index is 1190. The molecule has 33 heavy (non-hydrogen) atoms. The average molecular weight is 440 g/mol. The van der Waals surface area contributed by atoms with Crippen LogP contribution in [0.2, 0.25) is 0 Å². The molecule has 0 spiro atoms. The number of benzene rings is 2. The molecule has 0 bridgehead atoms. The Morgan fingerprint density at radius 3 is 2.52 bits per heavy atom. The Kier molecular flexibility index (Phi) is 5.57. The van der Waals surface area contributed by atoms with Crippen LogP contribution in [0.1, 0.15) is 48.3 Å². The van der Waals surface area contributed by atoms with E-state index >= 15 is 0 Å². The van der Waals surface area contributed by atoms with Gasteiger partial charge in [-0.2, -0.15) is 0 Å². The molecule has 0 atom stereocenters. The molecule has 3 heterocycles. The largest absolute Gasteiger partial charge is 0.312 e. The molecule has 0 saturated heterocycles. The van der Waals surface area contributed by atoms with Crippen LogP contribution in [0.5, 0.6) is 0 Å². The van der Waals surface area contributed by atoms with Crippen LogP contribution in [-0.2, 0) is 23.2 Å². The fourth-order valence-electron chi connectivity index (χ4n) is 5.65. The molecule has 1 aromatic heterocycles. The molecule has 0 radical (unpaired) electrons. The average Bonchev–Trinajstić information content (AvgIpc) is 3.20. The molecule has 3 aromatic rings. The summed E-state index contributed by atoms with van der Waals surface area (Å²) in [6.07, 6.45) is 1.52. The molecular weight excluding hydrogens is 406 g/mol. The van der Waals surface area contributed by atoms with Gasteiger partial charge in [0.05, 0.1) is 0 Å². The summed E-state index contributed by atoms with van der Waals surface area (Å²) in [7, 11) is 0. The van der Waals surface area contributed by atoms with E-state index in [2.05, 4.69) is 86.1 Å². The number of hydrogen-bond acceptors (Lipinski definition) is 3. The minimum absolute atomic E-state index is 0.0550. The lowest BCUT2D eigenvalue weighted by molar-refractivity contribution is -0.119. The maximum Gasteiger partial charge on any atom is 0.228 e. The van der Waals surface area contributed by atoms with Gasteiger partial charge in [0, 0.05) is 55.1 Å². The number of amides is 1. The predicted octanol–water partition coefficient (Wildman–Crippen LogP) is 5.44. The number of rotatable bonds is 4. The number of nitrogens with zero attached hydrogens (tertiary/aromatic N) is 3. The zero-order valence-corrected chi connectivity index (χ0v) is 20.2. The molecule has 2 aromatic carbocycles. The highest BCUT2D eigenvalue weighted by Crippen LogP contribution is 2.36. The van der Waals surface area contributed by atoms with Crippen molar-refractivity contribution in [3.8, 4) is 11.1 Å². The maximum absolute atomic E-state index is 13.1. The van der Waals surface area contributed by atoms with Crippen LogP contribution < -0.4 is 4.90 Å². The van der Waals surface area contributed by atoms with E-state index in [0.717, 1.165) is 49.7 Å². The molecule has 4 nitrogen and oxygen atoms in total. The third-order valence-corrected chi connectivity index (χ3v) is 7.09. The molecule has 0 saturated carbocycles. The van der Waals surface area contributed by atoms with E-state index in [1.54, 1.807) is 0 Å². The van der Waals surface area contributed by atoms with Crippen LogP contribution in [-0.4, -0.2) is 35.4 Å². The molecule has 2 aliphatic rings. The van der Waals surface area contributed by atoms with Crippen molar-refractivity contribution in [1.29, 1.82) is 0 Å². The Labute approximate surface area is 197 Å². The van der Waals surface area contributed by atoms with E-state index in [9.17, 15) is 4.79 Å². The van der Waals surface area contributed by atoms with Crippen LogP contribution >= 0.6 is 0 Å². The lowest BCUT2D eigenvalue weighted by Gasteiger charge is -2.40. The quantitative estimate of drug-likeness (QED) is 0.543. The van der Waals surface area contributed by atoms with Gasteiger partial charge >= 0.3 is 0 Å².